The molecule has 0 saturated carbocycles. The molecule has 14 heavy (non-hydrogen) atoms. The molecule has 0 amide bonds. The van der Waals surface area contributed by atoms with Gasteiger partial charge >= 0.3 is 0 Å². The number of rotatable bonds is 0. The minimum Gasteiger partial charge on any atom is -0.389 e. The molecule has 1 rings (SSSR count). The van der Waals surface area contributed by atoms with E-state index < -0.39 is 0 Å². The number of hydrogen-bond acceptors (Lipinski definition) is 4. The zero-order valence-electron chi connectivity index (χ0n) is 9.37. The van der Waals surface area contributed by atoms with Gasteiger partial charge in [-0.05, 0) is 25.6 Å². The average molecular weight is 215 g/mol. The van der Waals surface area contributed by atoms with Crippen LogP contribution in [-0.4, -0.2) is 41.9 Å². The second kappa shape index (κ2) is 4.21. The Morgan fingerprint density at radius 2 is 2.21 bits per heavy atom. The zero-order valence-corrected chi connectivity index (χ0v) is 10.2. The molecule has 1 aliphatic rings. The van der Waals surface area contributed by atoms with Gasteiger partial charge in [0.1, 0.15) is 10.6 Å². The second-order valence-electron chi connectivity index (χ2n) is 4.02. The third-order valence-corrected chi connectivity index (χ3v) is 2.94. The number of amidine groups is 1. The van der Waals surface area contributed by atoms with E-state index in [2.05, 4.69) is 10.1 Å². The van der Waals surface area contributed by atoms with Crippen LogP contribution >= 0.6 is 11.8 Å². The van der Waals surface area contributed by atoms with Crippen LogP contribution < -0.4 is 0 Å². The van der Waals surface area contributed by atoms with Gasteiger partial charge in [-0.2, -0.15) is 0 Å². The van der Waals surface area contributed by atoms with Gasteiger partial charge < -0.3 is 9.74 Å². The Hall–Kier alpha value is -0.710. The molecule has 4 nitrogen and oxygen atoms in total. The number of thioether (sulfide) groups is 1. The monoisotopic (exact) mass is 215 g/mol. The van der Waals surface area contributed by atoms with Crippen LogP contribution in [0.4, 0.5) is 0 Å². The standard InChI is InChI=1S/C9H17N3OS/c1-9(2)6-7(11-13-9)14-8(10-3)12(4)5/h6H2,1-5H3/b10-8+. The van der Waals surface area contributed by atoms with Gasteiger partial charge in [0.2, 0.25) is 0 Å². The van der Waals surface area contributed by atoms with Crippen molar-refractivity contribution in [3.63, 3.8) is 0 Å². The van der Waals surface area contributed by atoms with Crippen LogP contribution in [0.2, 0.25) is 0 Å². The van der Waals surface area contributed by atoms with Gasteiger partial charge in [-0.15, -0.1) is 0 Å². The fraction of sp³-hybridized carbons (Fsp3) is 0.778. The third-order valence-electron chi connectivity index (χ3n) is 1.75. The lowest BCUT2D eigenvalue weighted by molar-refractivity contribution is 0.0123. The Bertz CT molecular complexity index is 271. The van der Waals surface area contributed by atoms with Crippen LogP contribution in [-0.2, 0) is 4.84 Å². The molecule has 0 aromatic rings. The first-order valence-electron chi connectivity index (χ1n) is 4.51. The minimum absolute atomic E-state index is 0.159. The van der Waals surface area contributed by atoms with Crippen molar-refractivity contribution in [1.29, 1.82) is 0 Å². The number of nitrogens with zero attached hydrogens (tertiary/aromatic N) is 3. The highest BCUT2D eigenvalue weighted by Gasteiger charge is 2.30. The molecular formula is C9H17N3OS. The van der Waals surface area contributed by atoms with Crippen LogP contribution in [0.3, 0.4) is 0 Å². The summed E-state index contributed by atoms with van der Waals surface area (Å²) >= 11 is 1.56. The maximum atomic E-state index is 5.27. The van der Waals surface area contributed by atoms with Crippen LogP contribution in [0.25, 0.3) is 0 Å². The van der Waals surface area contributed by atoms with Gasteiger partial charge in [-0.1, -0.05) is 5.16 Å². The Kier molecular flexibility index (Phi) is 3.42. The molecule has 0 saturated heterocycles. The van der Waals surface area contributed by atoms with E-state index in [9.17, 15) is 0 Å². The molecule has 0 fully saturated rings. The molecule has 0 aromatic heterocycles. The highest BCUT2D eigenvalue weighted by atomic mass is 32.2. The van der Waals surface area contributed by atoms with Crippen LogP contribution in [0, 0.1) is 0 Å². The molecular weight excluding hydrogens is 198 g/mol. The van der Waals surface area contributed by atoms with Crippen molar-refractivity contribution in [3.05, 3.63) is 0 Å². The fourth-order valence-corrected chi connectivity index (χ4v) is 2.08. The fourth-order valence-electron chi connectivity index (χ4n) is 1.10. The summed E-state index contributed by atoms with van der Waals surface area (Å²) in [5, 5.41) is 5.97. The van der Waals surface area contributed by atoms with Gasteiger partial charge in [0.05, 0.1) is 0 Å². The van der Waals surface area contributed by atoms with E-state index in [1.54, 1.807) is 18.8 Å². The highest BCUT2D eigenvalue weighted by molar-refractivity contribution is 8.26. The van der Waals surface area contributed by atoms with E-state index in [-0.39, 0.29) is 5.60 Å². The summed E-state index contributed by atoms with van der Waals surface area (Å²) in [6, 6.07) is 0. The summed E-state index contributed by atoms with van der Waals surface area (Å²) in [7, 11) is 5.72. The summed E-state index contributed by atoms with van der Waals surface area (Å²) in [5.41, 5.74) is -0.159. The molecule has 0 N–H and O–H groups in total. The lowest BCUT2D eigenvalue weighted by Gasteiger charge is -2.15. The van der Waals surface area contributed by atoms with Crippen molar-refractivity contribution in [2.45, 2.75) is 25.9 Å². The zero-order chi connectivity index (χ0) is 10.8. The van der Waals surface area contributed by atoms with E-state index >= 15 is 0 Å². The minimum atomic E-state index is -0.159. The molecule has 0 radical (unpaired) electrons. The van der Waals surface area contributed by atoms with Gasteiger partial charge in [0.25, 0.3) is 0 Å². The molecule has 0 atom stereocenters. The molecule has 80 valence electrons. The SMILES string of the molecule is C/N=C(/SC1=NOC(C)(C)C1)N(C)C. The number of aliphatic imine (C=N–C) groups is 1. The largest absolute Gasteiger partial charge is 0.389 e. The Morgan fingerprint density at radius 3 is 2.57 bits per heavy atom. The Balaban J connectivity index is 2.55. The molecule has 1 heterocycles. The first kappa shape index (κ1) is 11.4. The van der Waals surface area contributed by atoms with Crippen LogP contribution in [0.5, 0.6) is 0 Å². The first-order chi connectivity index (χ1) is 6.44. The summed E-state index contributed by atoms with van der Waals surface area (Å²) in [4.78, 5) is 11.4. The van der Waals surface area contributed by atoms with E-state index in [0.29, 0.717) is 0 Å². The highest BCUT2D eigenvalue weighted by Crippen LogP contribution is 2.28. The smallest absolute Gasteiger partial charge is 0.164 e. The molecule has 0 aliphatic carbocycles. The van der Waals surface area contributed by atoms with Gasteiger partial charge in [0, 0.05) is 27.6 Å². The number of oxime groups is 1. The molecule has 1 aliphatic heterocycles. The molecule has 0 unspecified atom stereocenters. The Morgan fingerprint density at radius 1 is 1.57 bits per heavy atom. The maximum absolute atomic E-state index is 5.27. The van der Waals surface area contributed by atoms with Crippen LogP contribution in [0.1, 0.15) is 20.3 Å². The quantitative estimate of drug-likeness (QED) is 0.456. The van der Waals surface area contributed by atoms with Crippen molar-refractivity contribution in [2.75, 3.05) is 21.1 Å². The van der Waals surface area contributed by atoms with Gasteiger partial charge in [0.15, 0.2) is 5.17 Å². The lowest BCUT2D eigenvalue weighted by Crippen LogP contribution is -2.22. The van der Waals surface area contributed by atoms with Gasteiger partial charge in [-0.3, -0.25) is 4.99 Å². The molecule has 5 heteroatoms. The van der Waals surface area contributed by atoms with E-state index in [0.717, 1.165) is 16.6 Å². The topological polar surface area (TPSA) is 37.2 Å². The third kappa shape index (κ3) is 2.90. The molecule has 0 aromatic carbocycles. The predicted molar refractivity (Wildman–Crippen MR) is 61.9 cm³/mol. The van der Waals surface area contributed by atoms with E-state index in [1.165, 1.54) is 0 Å². The van der Waals surface area contributed by atoms with Gasteiger partial charge in [-0.25, -0.2) is 0 Å². The summed E-state index contributed by atoms with van der Waals surface area (Å²) in [6.07, 6.45) is 0.852. The van der Waals surface area contributed by atoms with Crippen molar-refractivity contribution in [1.82, 2.24) is 4.90 Å². The van der Waals surface area contributed by atoms with Crippen LogP contribution in [0.15, 0.2) is 10.1 Å². The Labute approximate surface area is 89.4 Å². The predicted octanol–water partition coefficient (Wildman–Crippen LogP) is 1.78. The summed E-state index contributed by atoms with van der Waals surface area (Å²) in [5.74, 6) is 0. The van der Waals surface area contributed by atoms with Crippen molar-refractivity contribution < 1.29 is 4.84 Å². The van der Waals surface area contributed by atoms with Crippen molar-refractivity contribution >= 4 is 22.0 Å². The molecule has 0 bridgehead atoms. The van der Waals surface area contributed by atoms with Crippen molar-refractivity contribution in [2.24, 2.45) is 10.1 Å². The lowest BCUT2D eigenvalue weighted by atomic mass is 10.1. The summed E-state index contributed by atoms with van der Waals surface area (Å²) < 4.78 is 0. The van der Waals surface area contributed by atoms with E-state index in [1.807, 2.05) is 32.8 Å². The summed E-state index contributed by atoms with van der Waals surface area (Å²) in [6.45, 7) is 4.06. The number of hydrogen-bond donors (Lipinski definition) is 0. The van der Waals surface area contributed by atoms with E-state index in [4.69, 9.17) is 4.84 Å². The average Bonchev–Trinajstić information content (AvgIpc) is 2.41. The first-order valence-corrected chi connectivity index (χ1v) is 5.33. The molecule has 0 spiro atoms. The maximum Gasteiger partial charge on any atom is 0.164 e. The normalized spacial score (nSPS) is 20.4. The second-order valence-corrected chi connectivity index (χ2v) is 5.06. The van der Waals surface area contributed by atoms with Crippen molar-refractivity contribution in [3.8, 4) is 0 Å².